The Morgan fingerprint density at radius 2 is 1.67 bits per heavy atom. The first-order chi connectivity index (χ1) is 11.5. The molecule has 6 rings (SSSR count). The summed E-state index contributed by atoms with van der Waals surface area (Å²) >= 11 is 0. The van der Waals surface area contributed by atoms with E-state index in [1.807, 2.05) is 12.2 Å². The first kappa shape index (κ1) is 13.8. The van der Waals surface area contributed by atoms with Crippen molar-refractivity contribution in [3.8, 4) is 0 Å². The average Bonchev–Trinajstić information content (AvgIpc) is 3.33. The number of benzene rings is 1. The molecule has 1 saturated heterocycles. The Balaban J connectivity index is 1.61. The molecular weight excluding hydrogens is 315 g/mol. The molecule has 3 fully saturated rings. The van der Waals surface area contributed by atoms with Crippen molar-refractivity contribution in [1.82, 2.24) is 0 Å². The fourth-order valence-corrected chi connectivity index (χ4v) is 5.03. The van der Waals surface area contributed by atoms with Crippen LogP contribution in [-0.4, -0.2) is 16.7 Å². The second-order valence-electron chi connectivity index (χ2n) is 7.06. The van der Waals surface area contributed by atoms with Crippen molar-refractivity contribution < 1.29 is 18.9 Å². The van der Waals surface area contributed by atoms with Gasteiger partial charge in [-0.2, -0.15) is 0 Å². The van der Waals surface area contributed by atoms with E-state index in [1.54, 1.807) is 0 Å². The normalized spacial score (nSPS) is 38.3. The van der Waals surface area contributed by atoms with Crippen LogP contribution in [0.15, 0.2) is 30.4 Å². The van der Waals surface area contributed by atoms with Crippen LogP contribution in [-0.2, 0) is 9.59 Å². The number of allylic oxidation sites excluding steroid dienone is 2. The van der Waals surface area contributed by atoms with Crippen molar-refractivity contribution in [3.05, 3.63) is 46.3 Å². The molecule has 0 radical (unpaired) electrons. The second kappa shape index (κ2) is 4.28. The van der Waals surface area contributed by atoms with Crippen molar-refractivity contribution in [1.29, 1.82) is 0 Å². The lowest BCUT2D eigenvalue weighted by molar-refractivity contribution is -0.384. The van der Waals surface area contributed by atoms with Gasteiger partial charge in [-0.25, -0.2) is 9.29 Å². The zero-order valence-corrected chi connectivity index (χ0v) is 12.5. The molecule has 122 valence electrons. The van der Waals surface area contributed by atoms with Gasteiger partial charge in [-0.1, -0.05) is 12.2 Å². The zero-order valence-electron chi connectivity index (χ0n) is 12.5. The summed E-state index contributed by atoms with van der Waals surface area (Å²) in [6, 6.07) is 2.94. The molecule has 2 bridgehead atoms. The van der Waals surface area contributed by atoms with Gasteiger partial charge < -0.3 is 0 Å². The molecule has 2 saturated carbocycles. The average molecular weight is 328 g/mol. The topological polar surface area (TPSA) is 80.5 Å². The lowest BCUT2D eigenvalue weighted by atomic mass is 9.63. The Kier molecular flexibility index (Phi) is 2.47. The molecule has 1 aromatic carbocycles. The van der Waals surface area contributed by atoms with Crippen LogP contribution in [0.1, 0.15) is 6.42 Å². The highest BCUT2D eigenvalue weighted by Gasteiger charge is 2.67. The summed E-state index contributed by atoms with van der Waals surface area (Å²) in [6.07, 6.45) is 5.12. The van der Waals surface area contributed by atoms with E-state index in [4.69, 9.17) is 0 Å². The molecule has 6 atom stereocenters. The van der Waals surface area contributed by atoms with E-state index in [9.17, 15) is 24.1 Å². The van der Waals surface area contributed by atoms with Crippen LogP contribution < -0.4 is 4.90 Å². The molecule has 0 N–H and O–H groups in total. The molecule has 0 spiro atoms. The van der Waals surface area contributed by atoms with Gasteiger partial charge in [-0.05, 0) is 42.2 Å². The predicted octanol–water partition coefficient (Wildman–Crippen LogP) is 2.29. The Bertz CT molecular complexity index is 815. The van der Waals surface area contributed by atoms with Gasteiger partial charge in [-0.3, -0.25) is 19.7 Å². The molecule has 0 unspecified atom stereocenters. The highest BCUT2D eigenvalue weighted by molar-refractivity contribution is 6.23. The van der Waals surface area contributed by atoms with Crippen LogP contribution in [0.5, 0.6) is 0 Å². The third-order valence-electron chi connectivity index (χ3n) is 6.04. The molecule has 1 aromatic rings. The minimum atomic E-state index is -0.773. The van der Waals surface area contributed by atoms with Gasteiger partial charge in [0.25, 0.3) is 5.69 Å². The number of rotatable bonds is 2. The van der Waals surface area contributed by atoms with Gasteiger partial charge in [0.2, 0.25) is 11.8 Å². The first-order valence-corrected chi connectivity index (χ1v) is 7.99. The van der Waals surface area contributed by atoms with Gasteiger partial charge in [-0.15, -0.1) is 0 Å². The maximum Gasteiger partial charge on any atom is 0.296 e. The monoisotopic (exact) mass is 328 g/mol. The number of imide groups is 1. The van der Waals surface area contributed by atoms with E-state index < -0.39 is 28.3 Å². The third-order valence-corrected chi connectivity index (χ3v) is 6.04. The number of halogens is 1. The summed E-state index contributed by atoms with van der Waals surface area (Å²) in [6.45, 7) is 0. The molecule has 6 nitrogen and oxygen atoms in total. The first-order valence-electron chi connectivity index (χ1n) is 7.99. The number of anilines is 1. The molecule has 24 heavy (non-hydrogen) atoms. The summed E-state index contributed by atoms with van der Waals surface area (Å²) in [7, 11) is 0. The largest absolute Gasteiger partial charge is 0.296 e. The van der Waals surface area contributed by atoms with Gasteiger partial charge in [0.15, 0.2) is 0 Å². The summed E-state index contributed by atoms with van der Waals surface area (Å²) in [5.41, 5.74) is -0.681. The van der Waals surface area contributed by atoms with Gasteiger partial charge in [0.1, 0.15) is 11.5 Å². The number of carbonyl (C=O) groups excluding carboxylic acids is 2. The third kappa shape index (κ3) is 1.54. The highest BCUT2D eigenvalue weighted by atomic mass is 19.1. The van der Waals surface area contributed by atoms with Crippen LogP contribution >= 0.6 is 0 Å². The number of hydrogen-bond acceptors (Lipinski definition) is 4. The smallest absolute Gasteiger partial charge is 0.274 e. The van der Waals surface area contributed by atoms with Gasteiger partial charge in [0.05, 0.1) is 22.8 Å². The van der Waals surface area contributed by atoms with E-state index in [0.29, 0.717) is 11.8 Å². The summed E-state index contributed by atoms with van der Waals surface area (Å²) in [5.74, 6) is -1.39. The quantitative estimate of drug-likeness (QED) is 0.361. The van der Waals surface area contributed by atoms with E-state index in [0.717, 1.165) is 29.5 Å². The van der Waals surface area contributed by atoms with Gasteiger partial charge >= 0.3 is 0 Å². The number of amides is 2. The molecule has 1 aliphatic heterocycles. The minimum Gasteiger partial charge on any atom is -0.274 e. The van der Waals surface area contributed by atoms with Gasteiger partial charge in [0, 0.05) is 0 Å². The summed E-state index contributed by atoms with van der Waals surface area (Å²) < 4.78 is 13.4. The number of nitro groups is 1. The van der Waals surface area contributed by atoms with Crippen molar-refractivity contribution in [2.45, 2.75) is 6.42 Å². The number of nitrogens with zero attached hydrogens (tertiary/aromatic N) is 2. The predicted molar refractivity (Wildman–Crippen MR) is 80.2 cm³/mol. The fraction of sp³-hybridized carbons (Fsp3) is 0.412. The fourth-order valence-electron chi connectivity index (χ4n) is 5.03. The van der Waals surface area contributed by atoms with E-state index in [-0.39, 0.29) is 29.3 Å². The molecule has 7 heteroatoms. The van der Waals surface area contributed by atoms with Crippen molar-refractivity contribution in [2.75, 3.05) is 4.90 Å². The number of nitro benzene ring substituents is 1. The summed E-state index contributed by atoms with van der Waals surface area (Å²) in [4.78, 5) is 37.2. The number of hydrogen-bond donors (Lipinski definition) is 0. The maximum atomic E-state index is 13.4. The molecule has 2 amide bonds. The van der Waals surface area contributed by atoms with E-state index in [2.05, 4.69) is 0 Å². The molecule has 5 aliphatic rings. The molecular formula is C17H13FN2O4. The van der Waals surface area contributed by atoms with E-state index in [1.165, 1.54) is 0 Å². The van der Waals surface area contributed by atoms with Crippen LogP contribution in [0, 0.1) is 51.4 Å². The Morgan fingerprint density at radius 1 is 1.08 bits per heavy atom. The van der Waals surface area contributed by atoms with Crippen LogP contribution in [0.25, 0.3) is 0 Å². The van der Waals surface area contributed by atoms with Crippen LogP contribution in [0.3, 0.4) is 0 Å². The van der Waals surface area contributed by atoms with E-state index >= 15 is 0 Å². The maximum absolute atomic E-state index is 13.4. The minimum absolute atomic E-state index is 0.0472. The lowest BCUT2D eigenvalue weighted by Gasteiger charge is -2.37. The Hall–Kier alpha value is -2.57. The standard InChI is InChI=1S/C17H13FN2O4/c18-7-1-4-12(13(5-7)20(23)24)19-16(21)14-8-2-3-9(11-6-10(8)11)15(14)17(19)22/h1-5,8-11,14-15H,6H2/t8-,9-,10-,11+,14+,15+/m0/s1. The highest BCUT2D eigenvalue weighted by Crippen LogP contribution is 2.65. The van der Waals surface area contributed by atoms with Crippen molar-refractivity contribution in [3.63, 3.8) is 0 Å². The molecule has 4 aliphatic carbocycles. The molecule has 0 aromatic heterocycles. The molecule has 1 heterocycles. The lowest BCUT2D eigenvalue weighted by Crippen LogP contribution is -2.40. The van der Waals surface area contributed by atoms with Crippen molar-refractivity contribution in [2.24, 2.45) is 35.5 Å². The van der Waals surface area contributed by atoms with Crippen molar-refractivity contribution >= 4 is 23.2 Å². The summed E-state index contributed by atoms with van der Waals surface area (Å²) in [5, 5.41) is 11.2. The number of carbonyl (C=O) groups is 2. The van der Waals surface area contributed by atoms with Crippen LogP contribution in [0.2, 0.25) is 0 Å². The SMILES string of the molecule is O=C1[C@@H]2[C@H]3C=C[C@@H]([C@@H]4C[C@H]34)[C@H]2C(=O)N1c1ccc(F)cc1[N+](=O)[O-]. The van der Waals surface area contributed by atoms with Crippen LogP contribution in [0.4, 0.5) is 15.8 Å². The zero-order chi connectivity index (χ0) is 16.7. The second-order valence-corrected chi connectivity index (χ2v) is 7.06. The Morgan fingerprint density at radius 3 is 2.21 bits per heavy atom. The Labute approximate surface area is 136 Å².